The van der Waals surface area contributed by atoms with Crippen molar-refractivity contribution >= 4 is 11.4 Å². The van der Waals surface area contributed by atoms with Crippen LogP contribution in [-0.2, 0) is 12.8 Å². The number of aliphatic hydroxyl groups is 1. The van der Waals surface area contributed by atoms with Gasteiger partial charge in [0.1, 0.15) is 0 Å². The zero-order valence-electron chi connectivity index (χ0n) is 15.8. The maximum atomic E-state index is 10.7. The van der Waals surface area contributed by atoms with E-state index in [2.05, 4.69) is 47.9 Å². The molecular weight excluding hydrogens is 322 g/mol. The fraction of sp³-hybridized carbons (Fsp3) is 0.455. The highest BCUT2D eigenvalue weighted by Crippen LogP contribution is 2.30. The molecule has 2 aromatic carbocycles. The lowest BCUT2D eigenvalue weighted by molar-refractivity contribution is 0.0397. The molecule has 2 aromatic rings. The van der Waals surface area contributed by atoms with E-state index in [1.54, 1.807) is 0 Å². The van der Waals surface area contributed by atoms with Crippen LogP contribution in [0.5, 0.6) is 0 Å². The number of fused-ring (bicyclic) bond motifs is 1. The zero-order chi connectivity index (χ0) is 18.3. The summed E-state index contributed by atoms with van der Waals surface area (Å²) in [6.07, 6.45) is 1.23. The monoisotopic (exact) mass is 351 g/mol. The SMILES string of the molecule is Cc1cccc(N2CCN([C@@H]3Cc4cccc(N)c4C[C@H]3O)CC2)c1C. The highest BCUT2D eigenvalue weighted by molar-refractivity contribution is 5.56. The van der Waals surface area contributed by atoms with Crippen LogP contribution in [0.4, 0.5) is 11.4 Å². The van der Waals surface area contributed by atoms with E-state index in [0.29, 0.717) is 6.42 Å². The van der Waals surface area contributed by atoms with Crippen molar-refractivity contribution in [2.24, 2.45) is 0 Å². The summed E-state index contributed by atoms with van der Waals surface area (Å²) in [6.45, 7) is 8.40. The number of benzene rings is 2. The van der Waals surface area contributed by atoms with Gasteiger partial charge in [-0.05, 0) is 54.7 Å². The second kappa shape index (κ2) is 6.93. The Morgan fingerprint density at radius 1 is 0.962 bits per heavy atom. The third kappa shape index (κ3) is 3.08. The number of hydrogen-bond donors (Lipinski definition) is 2. The second-order valence-corrected chi connectivity index (χ2v) is 7.77. The number of hydrogen-bond acceptors (Lipinski definition) is 4. The summed E-state index contributed by atoms with van der Waals surface area (Å²) in [7, 11) is 0. The highest BCUT2D eigenvalue weighted by Gasteiger charge is 2.34. The Hall–Kier alpha value is -2.04. The molecule has 26 heavy (non-hydrogen) atoms. The summed E-state index contributed by atoms with van der Waals surface area (Å²) in [4.78, 5) is 4.96. The van der Waals surface area contributed by atoms with Crippen LogP contribution in [0.3, 0.4) is 0 Å². The van der Waals surface area contributed by atoms with Crippen molar-refractivity contribution in [2.45, 2.75) is 38.8 Å². The van der Waals surface area contributed by atoms with Crippen molar-refractivity contribution in [3.63, 3.8) is 0 Å². The van der Waals surface area contributed by atoms with Crippen LogP contribution in [0.2, 0.25) is 0 Å². The molecule has 1 heterocycles. The van der Waals surface area contributed by atoms with Crippen molar-refractivity contribution in [1.29, 1.82) is 0 Å². The molecule has 1 saturated heterocycles. The average Bonchev–Trinajstić information content (AvgIpc) is 2.65. The Balaban J connectivity index is 1.46. The molecule has 0 aromatic heterocycles. The van der Waals surface area contributed by atoms with Crippen molar-refractivity contribution in [2.75, 3.05) is 36.8 Å². The minimum Gasteiger partial charge on any atom is -0.398 e. The molecule has 2 aliphatic rings. The second-order valence-electron chi connectivity index (χ2n) is 7.77. The van der Waals surface area contributed by atoms with Crippen molar-refractivity contribution in [3.8, 4) is 0 Å². The predicted molar refractivity (Wildman–Crippen MR) is 108 cm³/mol. The normalized spacial score (nSPS) is 23.7. The van der Waals surface area contributed by atoms with Crippen molar-refractivity contribution in [1.82, 2.24) is 4.90 Å². The molecule has 4 nitrogen and oxygen atoms in total. The first-order valence-electron chi connectivity index (χ1n) is 9.64. The molecule has 4 rings (SSSR count). The summed E-state index contributed by atoms with van der Waals surface area (Å²) in [5.41, 5.74) is 13.5. The predicted octanol–water partition coefficient (Wildman–Crippen LogP) is 2.54. The van der Waals surface area contributed by atoms with Gasteiger partial charge in [-0.3, -0.25) is 4.90 Å². The van der Waals surface area contributed by atoms with Crippen LogP contribution < -0.4 is 10.6 Å². The summed E-state index contributed by atoms with van der Waals surface area (Å²) in [6, 6.07) is 12.9. The van der Waals surface area contributed by atoms with Gasteiger partial charge >= 0.3 is 0 Å². The molecule has 0 saturated carbocycles. The topological polar surface area (TPSA) is 52.7 Å². The Labute approximate surface area is 156 Å². The van der Waals surface area contributed by atoms with Crippen LogP contribution in [0, 0.1) is 13.8 Å². The molecular formula is C22H29N3O. The van der Waals surface area contributed by atoms with Gasteiger partial charge in [0.05, 0.1) is 6.10 Å². The first-order chi connectivity index (χ1) is 12.5. The molecule has 0 bridgehead atoms. The Morgan fingerprint density at radius 3 is 2.46 bits per heavy atom. The Kier molecular flexibility index (Phi) is 4.63. The van der Waals surface area contributed by atoms with Crippen LogP contribution in [0.15, 0.2) is 36.4 Å². The van der Waals surface area contributed by atoms with E-state index in [1.807, 2.05) is 12.1 Å². The van der Waals surface area contributed by atoms with Gasteiger partial charge in [-0.2, -0.15) is 0 Å². The molecule has 0 amide bonds. The minimum atomic E-state index is -0.334. The number of nitrogens with two attached hydrogens (primary N) is 1. The van der Waals surface area contributed by atoms with Gasteiger partial charge in [-0.15, -0.1) is 0 Å². The number of piperazine rings is 1. The Morgan fingerprint density at radius 2 is 1.69 bits per heavy atom. The van der Waals surface area contributed by atoms with E-state index in [9.17, 15) is 5.11 Å². The number of nitrogen functional groups attached to an aromatic ring is 1. The van der Waals surface area contributed by atoms with Gasteiger partial charge in [0.25, 0.3) is 0 Å². The molecule has 0 spiro atoms. The molecule has 0 unspecified atom stereocenters. The molecule has 1 fully saturated rings. The number of anilines is 2. The summed E-state index contributed by atoms with van der Waals surface area (Å²) in [5.74, 6) is 0. The van der Waals surface area contributed by atoms with Crippen LogP contribution in [0.25, 0.3) is 0 Å². The fourth-order valence-electron chi connectivity index (χ4n) is 4.55. The molecule has 4 heteroatoms. The van der Waals surface area contributed by atoms with Crippen molar-refractivity contribution < 1.29 is 5.11 Å². The third-order valence-corrected chi connectivity index (χ3v) is 6.30. The standard InChI is InChI=1S/C22H29N3O/c1-15-5-3-8-20(16(15)2)24-9-11-25(12-10-24)21-13-17-6-4-7-19(23)18(17)14-22(21)26/h3-8,21-22,26H,9-14,23H2,1-2H3/t21-,22-/m1/s1. The summed E-state index contributed by atoms with van der Waals surface area (Å²) in [5, 5.41) is 10.7. The lowest BCUT2D eigenvalue weighted by atomic mass is 9.84. The highest BCUT2D eigenvalue weighted by atomic mass is 16.3. The van der Waals surface area contributed by atoms with Gasteiger partial charge in [0.15, 0.2) is 0 Å². The minimum absolute atomic E-state index is 0.199. The lowest BCUT2D eigenvalue weighted by Gasteiger charge is -2.44. The number of aryl methyl sites for hydroxylation is 1. The molecule has 2 atom stereocenters. The molecule has 1 aliphatic heterocycles. The van der Waals surface area contributed by atoms with Crippen LogP contribution >= 0.6 is 0 Å². The smallest absolute Gasteiger partial charge is 0.0739 e. The molecule has 138 valence electrons. The van der Waals surface area contributed by atoms with E-state index in [0.717, 1.165) is 43.9 Å². The van der Waals surface area contributed by atoms with E-state index in [-0.39, 0.29) is 12.1 Å². The number of rotatable bonds is 2. The van der Waals surface area contributed by atoms with Crippen molar-refractivity contribution in [3.05, 3.63) is 58.7 Å². The maximum Gasteiger partial charge on any atom is 0.0739 e. The number of nitrogens with zero attached hydrogens (tertiary/aromatic N) is 2. The fourth-order valence-corrected chi connectivity index (χ4v) is 4.55. The van der Waals surface area contributed by atoms with E-state index >= 15 is 0 Å². The molecule has 0 radical (unpaired) electrons. The average molecular weight is 351 g/mol. The van der Waals surface area contributed by atoms with Gasteiger partial charge < -0.3 is 15.7 Å². The first kappa shape index (κ1) is 17.4. The quantitative estimate of drug-likeness (QED) is 0.817. The van der Waals surface area contributed by atoms with Crippen LogP contribution in [0.1, 0.15) is 22.3 Å². The van der Waals surface area contributed by atoms with Crippen LogP contribution in [-0.4, -0.2) is 48.3 Å². The molecule has 1 aliphatic carbocycles. The van der Waals surface area contributed by atoms with Gasteiger partial charge in [-0.25, -0.2) is 0 Å². The zero-order valence-corrected chi connectivity index (χ0v) is 15.8. The summed E-state index contributed by atoms with van der Waals surface area (Å²) >= 11 is 0. The largest absolute Gasteiger partial charge is 0.398 e. The van der Waals surface area contributed by atoms with Gasteiger partial charge in [0.2, 0.25) is 0 Å². The molecule has 3 N–H and O–H groups in total. The number of aliphatic hydroxyl groups excluding tert-OH is 1. The summed E-state index contributed by atoms with van der Waals surface area (Å²) < 4.78 is 0. The third-order valence-electron chi connectivity index (χ3n) is 6.30. The maximum absolute atomic E-state index is 10.7. The first-order valence-corrected chi connectivity index (χ1v) is 9.64. The lowest BCUT2D eigenvalue weighted by Crippen LogP contribution is -2.56. The Bertz CT molecular complexity index is 796. The van der Waals surface area contributed by atoms with E-state index in [4.69, 9.17) is 5.73 Å². The van der Waals surface area contributed by atoms with Gasteiger partial charge in [0, 0.05) is 50.0 Å². The van der Waals surface area contributed by atoms with Gasteiger partial charge in [-0.1, -0.05) is 24.3 Å². The van der Waals surface area contributed by atoms with E-state index in [1.165, 1.54) is 22.4 Å². The van der Waals surface area contributed by atoms with E-state index < -0.39 is 0 Å².